The Balaban J connectivity index is 2.90. The van der Waals surface area contributed by atoms with E-state index in [1.807, 2.05) is 0 Å². The van der Waals surface area contributed by atoms with Gasteiger partial charge in [-0.3, -0.25) is 14.4 Å². The molecule has 0 aromatic heterocycles. The number of hydrogen-bond donors (Lipinski definition) is 0. The van der Waals surface area contributed by atoms with Crippen LogP contribution in [0.3, 0.4) is 0 Å². The molecule has 1 aliphatic rings. The van der Waals surface area contributed by atoms with Crippen molar-refractivity contribution in [3.8, 4) is 0 Å². The predicted molar refractivity (Wildman–Crippen MR) is 46.8 cm³/mol. The molecule has 5 heteroatoms. The maximum atomic E-state index is 11.3. The largest absolute Gasteiger partial charge is 0.437 e. The lowest BCUT2D eigenvalue weighted by atomic mass is 10.3. The zero-order chi connectivity index (χ0) is 10.9. The molecule has 1 rings (SSSR count). The highest BCUT2D eigenvalue weighted by Gasteiger charge is 2.35. The number of imide groups is 1. The van der Waals surface area contributed by atoms with Crippen LogP contribution < -0.4 is 0 Å². The topological polar surface area (TPSA) is 63.7 Å². The molecule has 1 heterocycles. The SMILES string of the molecule is CC(=O)O[C@@H]1C(C)=CC(=O)N1C(C)=O. The minimum atomic E-state index is -0.863. The van der Waals surface area contributed by atoms with E-state index in [1.165, 1.54) is 19.9 Å². The van der Waals surface area contributed by atoms with E-state index in [1.54, 1.807) is 6.92 Å². The first kappa shape index (κ1) is 10.4. The second-order valence-corrected chi connectivity index (χ2v) is 3.08. The van der Waals surface area contributed by atoms with E-state index in [9.17, 15) is 14.4 Å². The van der Waals surface area contributed by atoms with Gasteiger partial charge >= 0.3 is 5.97 Å². The first-order chi connectivity index (χ1) is 6.43. The summed E-state index contributed by atoms with van der Waals surface area (Å²) in [5, 5.41) is 0. The van der Waals surface area contributed by atoms with Gasteiger partial charge in [-0.05, 0) is 12.5 Å². The average molecular weight is 197 g/mol. The molecule has 0 aromatic carbocycles. The minimum Gasteiger partial charge on any atom is -0.437 e. The number of carbonyl (C=O) groups excluding carboxylic acids is 3. The second-order valence-electron chi connectivity index (χ2n) is 3.08. The van der Waals surface area contributed by atoms with Gasteiger partial charge in [-0.25, -0.2) is 4.90 Å². The lowest BCUT2D eigenvalue weighted by Crippen LogP contribution is -2.41. The van der Waals surface area contributed by atoms with Gasteiger partial charge in [-0.1, -0.05) is 0 Å². The Labute approximate surface area is 81.3 Å². The monoisotopic (exact) mass is 197 g/mol. The van der Waals surface area contributed by atoms with Gasteiger partial charge in [-0.15, -0.1) is 0 Å². The van der Waals surface area contributed by atoms with E-state index in [2.05, 4.69) is 0 Å². The normalized spacial score (nSPS) is 20.8. The predicted octanol–water partition coefficient (Wildman–Crippen LogP) is 0.211. The Morgan fingerprint density at radius 3 is 2.43 bits per heavy atom. The minimum absolute atomic E-state index is 0.436. The lowest BCUT2D eigenvalue weighted by molar-refractivity contribution is -0.160. The van der Waals surface area contributed by atoms with Crippen molar-refractivity contribution in [3.63, 3.8) is 0 Å². The molecule has 0 bridgehead atoms. The summed E-state index contributed by atoms with van der Waals surface area (Å²) in [7, 11) is 0. The summed E-state index contributed by atoms with van der Waals surface area (Å²) < 4.78 is 4.84. The van der Waals surface area contributed by atoms with Gasteiger partial charge in [0, 0.05) is 19.9 Å². The molecule has 0 fully saturated rings. The van der Waals surface area contributed by atoms with Crippen molar-refractivity contribution >= 4 is 17.8 Å². The molecule has 0 spiro atoms. The van der Waals surface area contributed by atoms with Crippen molar-refractivity contribution in [2.45, 2.75) is 27.0 Å². The van der Waals surface area contributed by atoms with Crippen LogP contribution in [-0.4, -0.2) is 28.9 Å². The number of nitrogens with zero attached hydrogens (tertiary/aromatic N) is 1. The first-order valence-corrected chi connectivity index (χ1v) is 4.12. The van der Waals surface area contributed by atoms with Crippen LogP contribution in [0.4, 0.5) is 0 Å². The van der Waals surface area contributed by atoms with Crippen molar-refractivity contribution in [3.05, 3.63) is 11.6 Å². The van der Waals surface area contributed by atoms with Gasteiger partial charge in [-0.2, -0.15) is 0 Å². The second kappa shape index (κ2) is 3.61. The van der Waals surface area contributed by atoms with Crippen molar-refractivity contribution in [1.29, 1.82) is 0 Å². The summed E-state index contributed by atoms with van der Waals surface area (Å²) in [6.07, 6.45) is 0.423. The molecule has 1 aliphatic heterocycles. The van der Waals surface area contributed by atoms with E-state index < -0.39 is 24.0 Å². The van der Waals surface area contributed by atoms with E-state index >= 15 is 0 Å². The third-order valence-corrected chi connectivity index (χ3v) is 1.83. The van der Waals surface area contributed by atoms with Crippen LogP contribution in [0.1, 0.15) is 20.8 Å². The molecule has 0 aliphatic carbocycles. The third kappa shape index (κ3) is 1.81. The van der Waals surface area contributed by atoms with Crippen LogP contribution in [0.2, 0.25) is 0 Å². The van der Waals surface area contributed by atoms with Gasteiger partial charge in [0.05, 0.1) is 0 Å². The number of hydrogen-bond acceptors (Lipinski definition) is 4. The summed E-state index contributed by atoms with van der Waals surface area (Å²) in [4.78, 5) is 34.0. The van der Waals surface area contributed by atoms with E-state index in [4.69, 9.17) is 4.74 Å². The van der Waals surface area contributed by atoms with Gasteiger partial charge < -0.3 is 4.74 Å². The molecule has 1 atom stereocenters. The molecular weight excluding hydrogens is 186 g/mol. The quantitative estimate of drug-likeness (QED) is 0.564. The van der Waals surface area contributed by atoms with Crippen molar-refractivity contribution < 1.29 is 19.1 Å². The Morgan fingerprint density at radius 2 is 2.00 bits per heavy atom. The zero-order valence-corrected chi connectivity index (χ0v) is 8.23. The van der Waals surface area contributed by atoms with E-state index in [0.29, 0.717) is 5.57 Å². The summed E-state index contributed by atoms with van der Waals surface area (Å²) in [6, 6.07) is 0. The zero-order valence-electron chi connectivity index (χ0n) is 8.23. The number of esters is 1. The fourth-order valence-corrected chi connectivity index (χ4v) is 1.28. The maximum Gasteiger partial charge on any atom is 0.304 e. The summed E-state index contributed by atoms with van der Waals surface area (Å²) in [6.45, 7) is 4.11. The lowest BCUT2D eigenvalue weighted by Gasteiger charge is -2.22. The van der Waals surface area contributed by atoms with Gasteiger partial charge in [0.25, 0.3) is 5.91 Å². The van der Waals surface area contributed by atoms with E-state index in [0.717, 1.165) is 4.90 Å². The maximum absolute atomic E-state index is 11.3. The van der Waals surface area contributed by atoms with Crippen molar-refractivity contribution in [2.24, 2.45) is 0 Å². The Bertz CT molecular complexity index is 332. The summed E-state index contributed by atoms with van der Waals surface area (Å²) >= 11 is 0. The number of carbonyl (C=O) groups is 3. The molecule has 2 amide bonds. The van der Waals surface area contributed by atoms with Crippen LogP contribution in [0.25, 0.3) is 0 Å². The van der Waals surface area contributed by atoms with Crippen LogP contribution in [0.15, 0.2) is 11.6 Å². The number of ether oxygens (including phenoxy) is 1. The summed E-state index contributed by atoms with van der Waals surface area (Å²) in [5.41, 5.74) is 0.556. The fourth-order valence-electron chi connectivity index (χ4n) is 1.28. The highest BCUT2D eigenvalue weighted by atomic mass is 16.6. The molecule has 0 radical (unpaired) electrons. The number of amides is 2. The summed E-state index contributed by atoms with van der Waals surface area (Å²) in [5.74, 6) is -1.40. The molecule has 76 valence electrons. The third-order valence-electron chi connectivity index (χ3n) is 1.83. The van der Waals surface area contributed by atoms with Crippen LogP contribution in [-0.2, 0) is 19.1 Å². The van der Waals surface area contributed by atoms with E-state index in [-0.39, 0.29) is 0 Å². The Hall–Kier alpha value is -1.65. The highest BCUT2D eigenvalue weighted by Crippen LogP contribution is 2.20. The molecule has 0 N–H and O–H groups in total. The van der Waals surface area contributed by atoms with Crippen LogP contribution in [0.5, 0.6) is 0 Å². The number of rotatable bonds is 1. The molecule has 0 unspecified atom stereocenters. The molecule has 0 saturated carbocycles. The fraction of sp³-hybridized carbons (Fsp3) is 0.444. The highest BCUT2D eigenvalue weighted by molar-refractivity contribution is 6.03. The molecule has 5 nitrogen and oxygen atoms in total. The first-order valence-electron chi connectivity index (χ1n) is 4.12. The van der Waals surface area contributed by atoms with Gasteiger partial charge in [0.2, 0.25) is 12.1 Å². The smallest absolute Gasteiger partial charge is 0.304 e. The van der Waals surface area contributed by atoms with Crippen LogP contribution >= 0.6 is 0 Å². The van der Waals surface area contributed by atoms with Crippen molar-refractivity contribution in [2.75, 3.05) is 0 Å². The van der Waals surface area contributed by atoms with Gasteiger partial charge in [0.15, 0.2) is 0 Å². The van der Waals surface area contributed by atoms with Crippen molar-refractivity contribution in [1.82, 2.24) is 4.90 Å². The molecule has 0 saturated heterocycles. The molecular formula is C9H11NO4. The molecule has 0 aromatic rings. The average Bonchev–Trinajstić information content (AvgIpc) is 2.25. The van der Waals surface area contributed by atoms with Gasteiger partial charge in [0.1, 0.15) is 0 Å². The standard InChI is InChI=1S/C9H11NO4/c1-5-4-8(13)10(6(2)11)9(5)14-7(3)12/h4,9H,1-3H3/t9-/m1/s1. The van der Waals surface area contributed by atoms with Crippen LogP contribution in [0, 0.1) is 0 Å². The molecule has 14 heavy (non-hydrogen) atoms. The Morgan fingerprint density at radius 1 is 1.43 bits per heavy atom. The Kier molecular flexibility index (Phi) is 2.69.